The summed E-state index contributed by atoms with van der Waals surface area (Å²) < 4.78 is 47.5. The highest BCUT2D eigenvalue weighted by atomic mass is 32.2. The van der Waals surface area contributed by atoms with Gasteiger partial charge in [-0.1, -0.05) is 0 Å². The topological polar surface area (TPSA) is 121 Å². The molecule has 20 heavy (non-hydrogen) atoms. The first-order valence-corrected chi connectivity index (χ1v) is 9.01. The summed E-state index contributed by atoms with van der Waals surface area (Å²) in [6, 6.07) is 5.69. The van der Waals surface area contributed by atoms with Gasteiger partial charge in [0.15, 0.2) is 0 Å². The van der Waals surface area contributed by atoms with Crippen molar-refractivity contribution in [2.75, 3.05) is 31.3 Å². The highest BCUT2D eigenvalue weighted by Gasteiger charge is 2.24. The molecule has 0 saturated carbocycles. The first-order valence-electron chi connectivity index (χ1n) is 5.51. The van der Waals surface area contributed by atoms with Gasteiger partial charge in [0.25, 0.3) is 0 Å². The smallest absolute Gasteiger partial charge is 0.244 e. The van der Waals surface area contributed by atoms with Crippen molar-refractivity contribution in [1.82, 2.24) is 4.31 Å². The van der Waals surface area contributed by atoms with E-state index in [2.05, 4.69) is 0 Å². The van der Waals surface area contributed by atoms with Gasteiger partial charge in [-0.25, -0.2) is 16.8 Å². The Morgan fingerprint density at radius 3 is 2.35 bits per heavy atom. The van der Waals surface area contributed by atoms with Crippen LogP contribution < -0.4 is 5.73 Å². The van der Waals surface area contributed by atoms with Crippen molar-refractivity contribution in [3.05, 3.63) is 23.8 Å². The molecule has 0 atom stereocenters. The molecule has 110 valence electrons. The molecule has 0 unspecified atom stereocenters. The Kier molecular flexibility index (Phi) is 4.75. The Balaban J connectivity index is 3.08. The minimum Gasteiger partial charge on any atom is -0.398 e. The largest absolute Gasteiger partial charge is 0.398 e. The predicted molar refractivity (Wildman–Crippen MR) is 75.1 cm³/mol. The third-order valence-electron chi connectivity index (χ3n) is 2.60. The van der Waals surface area contributed by atoms with Gasteiger partial charge in [0.1, 0.15) is 14.7 Å². The molecule has 0 radical (unpaired) electrons. The predicted octanol–water partition coefficient (Wildman–Crippen LogP) is -0.194. The van der Waals surface area contributed by atoms with Crippen molar-refractivity contribution < 1.29 is 16.8 Å². The number of rotatable bonds is 5. The number of benzene rings is 1. The number of nitrogens with zero attached hydrogens (tertiary/aromatic N) is 2. The van der Waals surface area contributed by atoms with Crippen molar-refractivity contribution >= 4 is 25.5 Å². The molecule has 2 N–H and O–H groups in total. The third kappa shape index (κ3) is 3.93. The molecule has 1 rings (SSSR count). The second kappa shape index (κ2) is 5.78. The number of anilines is 1. The van der Waals surface area contributed by atoms with Gasteiger partial charge >= 0.3 is 0 Å². The van der Waals surface area contributed by atoms with Crippen LogP contribution in [0.15, 0.2) is 23.1 Å². The van der Waals surface area contributed by atoms with Crippen LogP contribution in [0.1, 0.15) is 5.56 Å². The van der Waals surface area contributed by atoms with Gasteiger partial charge in [-0.05, 0) is 18.2 Å². The van der Waals surface area contributed by atoms with Crippen molar-refractivity contribution in [2.24, 2.45) is 0 Å². The third-order valence-corrected chi connectivity index (χ3v) is 5.46. The summed E-state index contributed by atoms with van der Waals surface area (Å²) in [7, 11) is -5.87. The maximum Gasteiger partial charge on any atom is 0.244 e. The highest BCUT2D eigenvalue weighted by molar-refractivity contribution is 7.91. The van der Waals surface area contributed by atoms with E-state index in [1.165, 1.54) is 25.2 Å². The van der Waals surface area contributed by atoms with Crippen LogP contribution in [0.25, 0.3) is 0 Å². The molecule has 0 aromatic heterocycles. The summed E-state index contributed by atoms with van der Waals surface area (Å²) in [5, 5.41) is 8.71. The van der Waals surface area contributed by atoms with Crippen molar-refractivity contribution in [3.8, 4) is 6.07 Å². The minimum absolute atomic E-state index is 0.0461. The minimum atomic E-state index is -3.88. The molecule has 0 fully saturated rings. The Hall–Kier alpha value is -1.63. The fourth-order valence-electron chi connectivity index (χ4n) is 1.44. The van der Waals surface area contributed by atoms with E-state index in [0.717, 1.165) is 10.6 Å². The van der Waals surface area contributed by atoms with Crippen molar-refractivity contribution in [3.63, 3.8) is 0 Å². The SMILES string of the molecule is CN(CCS(C)(=O)=O)S(=O)(=O)c1ccc(C#N)cc1N. The molecular formula is C11H15N3O4S2. The first-order chi connectivity index (χ1) is 9.08. The average molecular weight is 317 g/mol. The molecular weight excluding hydrogens is 302 g/mol. The number of nitrogen functional groups attached to an aromatic ring is 1. The lowest BCUT2D eigenvalue weighted by Crippen LogP contribution is -2.32. The van der Waals surface area contributed by atoms with Gasteiger partial charge in [0.2, 0.25) is 10.0 Å². The van der Waals surface area contributed by atoms with Gasteiger partial charge in [0.05, 0.1) is 23.1 Å². The van der Waals surface area contributed by atoms with Crippen LogP contribution in [-0.2, 0) is 19.9 Å². The van der Waals surface area contributed by atoms with Crippen LogP contribution in [0, 0.1) is 11.3 Å². The van der Waals surface area contributed by atoms with Gasteiger partial charge in [0, 0.05) is 19.8 Å². The summed E-state index contributed by atoms with van der Waals surface area (Å²) in [4.78, 5) is -0.146. The number of hydrogen-bond donors (Lipinski definition) is 1. The fourth-order valence-corrected chi connectivity index (χ4v) is 3.42. The lowest BCUT2D eigenvalue weighted by molar-refractivity contribution is 0.485. The molecule has 0 spiro atoms. The van der Waals surface area contributed by atoms with E-state index in [1.54, 1.807) is 0 Å². The second-order valence-electron chi connectivity index (χ2n) is 4.32. The molecule has 0 saturated heterocycles. The number of hydrogen-bond acceptors (Lipinski definition) is 6. The van der Waals surface area contributed by atoms with E-state index in [0.29, 0.717) is 0 Å². The van der Waals surface area contributed by atoms with Crippen LogP contribution in [0.4, 0.5) is 5.69 Å². The Morgan fingerprint density at radius 2 is 1.90 bits per heavy atom. The standard InChI is InChI=1S/C11H15N3O4S2/c1-14(5-6-19(2,15)16)20(17,18)11-4-3-9(8-12)7-10(11)13/h3-4,7H,5-6,13H2,1-2H3. The molecule has 0 heterocycles. The zero-order chi connectivity index (χ0) is 15.6. The maximum atomic E-state index is 12.2. The van der Waals surface area contributed by atoms with Crippen molar-refractivity contribution in [2.45, 2.75) is 4.90 Å². The van der Waals surface area contributed by atoms with Crippen molar-refractivity contribution in [1.29, 1.82) is 5.26 Å². The fraction of sp³-hybridized carbons (Fsp3) is 0.364. The summed E-state index contributed by atoms with van der Waals surface area (Å²) in [5.41, 5.74) is 5.83. The van der Waals surface area contributed by atoms with Crippen LogP contribution in [-0.4, -0.2) is 46.7 Å². The zero-order valence-corrected chi connectivity index (χ0v) is 12.7. The molecule has 0 aliphatic heterocycles. The van der Waals surface area contributed by atoms with Crippen LogP contribution in [0.5, 0.6) is 0 Å². The lowest BCUT2D eigenvalue weighted by Gasteiger charge is -2.17. The molecule has 0 bridgehead atoms. The molecule has 0 amide bonds. The van der Waals surface area contributed by atoms with E-state index in [1.807, 2.05) is 6.07 Å². The second-order valence-corrected chi connectivity index (χ2v) is 8.59. The van der Waals surface area contributed by atoms with E-state index in [-0.39, 0.29) is 28.4 Å². The van der Waals surface area contributed by atoms with Gasteiger partial charge in [-0.3, -0.25) is 0 Å². The molecule has 1 aromatic rings. The summed E-state index contributed by atoms with van der Waals surface area (Å²) >= 11 is 0. The first kappa shape index (κ1) is 16.4. The number of nitriles is 1. The molecule has 7 nitrogen and oxygen atoms in total. The monoisotopic (exact) mass is 317 g/mol. The number of sulfone groups is 1. The van der Waals surface area contributed by atoms with Crippen LogP contribution in [0.2, 0.25) is 0 Å². The van der Waals surface area contributed by atoms with Gasteiger partial charge in [-0.2, -0.15) is 9.57 Å². The molecule has 1 aromatic carbocycles. The van der Waals surface area contributed by atoms with Gasteiger partial charge in [-0.15, -0.1) is 0 Å². The summed E-state index contributed by atoms with van der Waals surface area (Å²) in [5.74, 6) is -0.279. The van der Waals surface area contributed by atoms with E-state index < -0.39 is 19.9 Å². The van der Waals surface area contributed by atoms with E-state index in [4.69, 9.17) is 11.0 Å². The normalized spacial score (nSPS) is 12.3. The maximum absolute atomic E-state index is 12.2. The summed E-state index contributed by atoms with van der Waals surface area (Å²) in [6.07, 6.45) is 1.03. The molecule has 0 aliphatic rings. The quantitative estimate of drug-likeness (QED) is 0.751. The van der Waals surface area contributed by atoms with Gasteiger partial charge < -0.3 is 5.73 Å². The molecule has 0 aliphatic carbocycles. The summed E-state index contributed by atoms with van der Waals surface area (Å²) in [6.45, 7) is -0.166. The molecule has 9 heteroatoms. The lowest BCUT2D eigenvalue weighted by atomic mass is 10.2. The van der Waals surface area contributed by atoms with E-state index >= 15 is 0 Å². The van der Waals surface area contributed by atoms with Crippen LogP contribution >= 0.6 is 0 Å². The highest BCUT2D eigenvalue weighted by Crippen LogP contribution is 2.22. The van der Waals surface area contributed by atoms with E-state index in [9.17, 15) is 16.8 Å². The zero-order valence-electron chi connectivity index (χ0n) is 11.1. The number of nitrogens with two attached hydrogens (primary N) is 1. The Morgan fingerprint density at radius 1 is 1.30 bits per heavy atom. The Labute approximate surface area is 118 Å². The van der Waals surface area contributed by atoms with Crippen LogP contribution in [0.3, 0.4) is 0 Å². The average Bonchev–Trinajstić information content (AvgIpc) is 2.34. The number of sulfonamides is 1. The Bertz CT molecular complexity index is 748.